The molecular weight excluding hydrogens is 262 g/mol. The van der Waals surface area contributed by atoms with Gasteiger partial charge in [-0.2, -0.15) is 0 Å². The summed E-state index contributed by atoms with van der Waals surface area (Å²) in [5, 5.41) is 0. The molecule has 1 fully saturated rings. The van der Waals surface area contributed by atoms with Gasteiger partial charge in [0.25, 0.3) is 0 Å². The van der Waals surface area contributed by atoms with E-state index < -0.39 is 0 Å². The van der Waals surface area contributed by atoms with E-state index in [0.717, 1.165) is 17.6 Å². The van der Waals surface area contributed by atoms with Crippen molar-refractivity contribution >= 4 is 11.7 Å². The first-order valence-corrected chi connectivity index (χ1v) is 7.97. The summed E-state index contributed by atoms with van der Waals surface area (Å²) in [6, 6.07) is 8.17. The van der Waals surface area contributed by atoms with Crippen LogP contribution >= 0.6 is 0 Å². The van der Waals surface area contributed by atoms with E-state index in [2.05, 4.69) is 6.07 Å². The summed E-state index contributed by atoms with van der Waals surface area (Å²) >= 11 is 0. The van der Waals surface area contributed by atoms with Gasteiger partial charge in [0.05, 0.1) is 12.2 Å². The second-order valence-corrected chi connectivity index (χ2v) is 6.06. The third-order valence-electron chi connectivity index (χ3n) is 4.87. The molecule has 2 N–H and O–H groups in total. The molecule has 2 aliphatic carbocycles. The zero-order valence-electron chi connectivity index (χ0n) is 12.6. The fourth-order valence-corrected chi connectivity index (χ4v) is 3.88. The number of esters is 1. The molecule has 0 amide bonds. The van der Waals surface area contributed by atoms with Gasteiger partial charge in [0.1, 0.15) is 0 Å². The van der Waals surface area contributed by atoms with Crippen LogP contribution in [0.1, 0.15) is 43.7 Å². The standard InChI is InChI=1S/C18H23NO2/c1-2-21-18(20)16-15(12-7-3-4-8-12)11-13-9-5-6-10-14(13)17(16)19/h5-6,9-10,12,15H,2-4,7-8,11,19H2,1H3/t15-/m0/s1. The van der Waals surface area contributed by atoms with Crippen molar-refractivity contribution in [2.75, 3.05) is 6.61 Å². The number of carbonyl (C=O) groups is 1. The molecule has 1 aromatic rings. The monoisotopic (exact) mass is 285 g/mol. The number of rotatable bonds is 3. The smallest absolute Gasteiger partial charge is 0.336 e. The molecule has 0 aliphatic heterocycles. The first-order chi connectivity index (χ1) is 10.2. The van der Waals surface area contributed by atoms with Crippen LogP contribution in [0.2, 0.25) is 0 Å². The van der Waals surface area contributed by atoms with E-state index in [1.165, 1.54) is 31.2 Å². The number of nitrogens with two attached hydrogens (primary N) is 1. The van der Waals surface area contributed by atoms with Crippen molar-refractivity contribution < 1.29 is 9.53 Å². The third kappa shape index (κ3) is 2.57. The Morgan fingerprint density at radius 3 is 2.71 bits per heavy atom. The predicted molar refractivity (Wildman–Crippen MR) is 83.3 cm³/mol. The summed E-state index contributed by atoms with van der Waals surface area (Å²) in [5.41, 5.74) is 9.99. The van der Waals surface area contributed by atoms with E-state index in [0.29, 0.717) is 18.2 Å². The Hall–Kier alpha value is -1.77. The quantitative estimate of drug-likeness (QED) is 0.867. The number of ether oxygens (including phenoxy) is 1. The Balaban J connectivity index is 2.04. The SMILES string of the molecule is CCOC(=O)C1=C(N)c2ccccc2C[C@H]1C1CCCC1. The molecule has 0 aromatic heterocycles. The molecule has 3 rings (SSSR count). The van der Waals surface area contributed by atoms with Crippen molar-refractivity contribution in [3.8, 4) is 0 Å². The molecule has 0 unspecified atom stereocenters. The highest BCUT2D eigenvalue weighted by Gasteiger charge is 2.37. The first kappa shape index (κ1) is 14.2. The Labute approximate surface area is 126 Å². The van der Waals surface area contributed by atoms with Gasteiger partial charge in [-0.15, -0.1) is 0 Å². The Morgan fingerprint density at radius 1 is 1.29 bits per heavy atom. The lowest BCUT2D eigenvalue weighted by Gasteiger charge is -2.31. The van der Waals surface area contributed by atoms with E-state index >= 15 is 0 Å². The topological polar surface area (TPSA) is 52.3 Å². The van der Waals surface area contributed by atoms with Crippen LogP contribution in [0, 0.1) is 11.8 Å². The third-order valence-corrected chi connectivity index (χ3v) is 4.87. The molecule has 0 radical (unpaired) electrons. The molecule has 0 saturated heterocycles. The highest BCUT2D eigenvalue weighted by molar-refractivity contribution is 5.98. The minimum absolute atomic E-state index is 0.221. The van der Waals surface area contributed by atoms with Gasteiger partial charge in [-0.3, -0.25) is 0 Å². The number of hydrogen-bond donors (Lipinski definition) is 1. The van der Waals surface area contributed by atoms with E-state index in [9.17, 15) is 4.79 Å². The first-order valence-electron chi connectivity index (χ1n) is 7.97. The van der Waals surface area contributed by atoms with Crippen LogP contribution in [-0.4, -0.2) is 12.6 Å². The van der Waals surface area contributed by atoms with Crippen LogP contribution in [0.15, 0.2) is 29.8 Å². The van der Waals surface area contributed by atoms with E-state index in [4.69, 9.17) is 10.5 Å². The molecule has 3 heteroatoms. The van der Waals surface area contributed by atoms with E-state index in [-0.39, 0.29) is 11.9 Å². The van der Waals surface area contributed by atoms with Gasteiger partial charge in [0.2, 0.25) is 0 Å². The lowest BCUT2D eigenvalue weighted by atomic mass is 9.74. The largest absolute Gasteiger partial charge is 0.463 e. The molecule has 112 valence electrons. The minimum atomic E-state index is -0.221. The van der Waals surface area contributed by atoms with Crippen molar-refractivity contribution in [3.05, 3.63) is 41.0 Å². The molecule has 0 bridgehead atoms. The number of hydrogen-bond acceptors (Lipinski definition) is 3. The summed E-state index contributed by atoms with van der Waals surface area (Å²) in [4.78, 5) is 12.4. The molecule has 3 nitrogen and oxygen atoms in total. The highest BCUT2D eigenvalue weighted by atomic mass is 16.5. The molecule has 0 spiro atoms. The van der Waals surface area contributed by atoms with Gasteiger partial charge in [0.15, 0.2) is 0 Å². The van der Waals surface area contributed by atoms with Crippen LogP contribution < -0.4 is 5.73 Å². The van der Waals surface area contributed by atoms with E-state index in [1.807, 2.05) is 25.1 Å². The van der Waals surface area contributed by atoms with Gasteiger partial charge in [0, 0.05) is 11.3 Å². The summed E-state index contributed by atoms with van der Waals surface area (Å²) in [7, 11) is 0. The zero-order chi connectivity index (χ0) is 14.8. The van der Waals surface area contributed by atoms with Crippen molar-refractivity contribution in [1.29, 1.82) is 0 Å². The van der Waals surface area contributed by atoms with Gasteiger partial charge in [-0.05, 0) is 43.6 Å². The lowest BCUT2D eigenvalue weighted by Crippen LogP contribution is -2.30. The fourth-order valence-electron chi connectivity index (χ4n) is 3.88. The Kier molecular flexibility index (Phi) is 4.00. The molecule has 21 heavy (non-hydrogen) atoms. The zero-order valence-corrected chi connectivity index (χ0v) is 12.6. The maximum Gasteiger partial charge on any atom is 0.336 e. The second-order valence-electron chi connectivity index (χ2n) is 6.06. The number of fused-ring (bicyclic) bond motifs is 1. The lowest BCUT2D eigenvalue weighted by molar-refractivity contribution is -0.139. The molecular formula is C18H23NO2. The molecule has 1 atom stereocenters. The average molecular weight is 285 g/mol. The van der Waals surface area contributed by atoms with Crippen molar-refractivity contribution in [1.82, 2.24) is 0 Å². The van der Waals surface area contributed by atoms with Crippen LogP contribution in [0.4, 0.5) is 0 Å². The van der Waals surface area contributed by atoms with Gasteiger partial charge < -0.3 is 10.5 Å². The van der Waals surface area contributed by atoms with Crippen LogP contribution in [-0.2, 0) is 16.0 Å². The van der Waals surface area contributed by atoms with Crippen molar-refractivity contribution in [3.63, 3.8) is 0 Å². The van der Waals surface area contributed by atoms with Crippen LogP contribution in [0.3, 0.4) is 0 Å². The maximum absolute atomic E-state index is 12.4. The van der Waals surface area contributed by atoms with Crippen molar-refractivity contribution in [2.24, 2.45) is 17.6 Å². The predicted octanol–water partition coefficient (Wildman–Crippen LogP) is 3.28. The molecule has 2 aliphatic rings. The minimum Gasteiger partial charge on any atom is -0.463 e. The summed E-state index contributed by atoms with van der Waals surface area (Å²) in [5.74, 6) is 0.569. The van der Waals surface area contributed by atoms with Crippen molar-refractivity contribution in [2.45, 2.75) is 39.0 Å². The molecule has 0 heterocycles. The Morgan fingerprint density at radius 2 is 2.00 bits per heavy atom. The van der Waals surface area contributed by atoms with Gasteiger partial charge >= 0.3 is 5.97 Å². The summed E-state index contributed by atoms with van der Waals surface area (Å²) in [6.07, 6.45) is 5.83. The molecule has 1 saturated carbocycles. The fraction of sp³-hybridized carbons (Fsp3) is 0.500. The van der Waals surface area contributed by atoms with Crippen LogP contribution in [0.5, 0.6) is 0 Å². The second kappa shape index (κ2) is 5.92. The summed E-state index contributed by atoms with van der Waals surface area (Å²) < 4.78 is 5.28. The maximum atomic E-state index is 12.4. The summed E-state index contributed by atoms with van der Waals surface area (Å²) in [6.45, 7) is 2.24. The van der Waals surface area contributed by atoms with Gasteiger partial charge in [-0.1, -0.05) is 37.1 Å². The number of benzene rings is 1. The molecule has 1 aromatic carbocycles. The Bertz CT molecular complexity index is 570. The van der Waals surface area contributed by atoms with Crippen LogP contribution in [0.25, 0.3) is 5.70 Å². The number of carbonyl (C=O) groups excluding carboxylic acids is 1. The highest BCUT2D eigenvalue weighted by Crippen LogP contribution is 2.42. The average Bonchev–Trinajstić information content (AvgIpc) is 3.01. The van der Waals surface area contributed by atoms with Gasteiger partial charge in [-0.25, -0.2) is 4.79 Å². The normalized spacial score (nSPS) is 22.2. The van der Waals surface area contributed by atoms with E-state index in [1.54, 1.807) is 0 Å².